The average Bonchev–Trinajstić information content (AvgIpc) is 2.40. The molecule has 3 nitrogen and oxygen atoms in total. The fourth-order valence-electron chi connectivity index (χ4n) is 2.10. The molecule has 1 N–H and O–H groups in total. The van der Waals surface area contributed by atoms with Gasteiger partial charge in [-0.2, -0.15) is 8.78 Å². The molecule has 0 aromatic heterocycles. The summed E-state index contributed by atoms with van der Waals surface area (Å²) in [6, 6.07) is 7.02. The molecule has 1 heterocycles. The van der Waals surface area contributed by atoms with Crippen LogP contribution >= 0.6 is 0 Å². The average molecular weight is 254 g/mol. The van der Waals surface area contributed by atoms with Crippen molar-refractivity contribution in [2.45, 2.75) is 25.7 Å². The molecule has 1 fully saturated rings. The van der Waals surface area contributed by atoms with Gasteiger partial charge in [-0.15, -0.1) is 0 Å². The van der Waals surface area contributed by atoms with Gasteiger partial charge in [-0.3, -0.25) is 4.79 Å². The van der Waals surface area contributed by atoms with Crippen molar-refractivity contribution in [3.8, 4) is 0 Å². The molecule has 1 aliphatic heterocycles. The number of anilines is 2. The molecule has 18 heavy (non-hydrogen) atoms. The zero-order valence-corrected chi connectivity index (χ0v) is 10.0. The second-order valence-electron chi connectivity index (χ2n) is 4.38. The van der Waals surface area contributed by atoms with Gasteiger partial charge in [0.2, 0.25) is 0 Å². The molecule has 2 rings (SSSR count). The number of nitrogens with zero attached hydrogens (tertiary/aromatic N) is 1. The van der Waals surface area contributed by atoms with E-state index in [1.165, 1.54) is 19.3 Å². The highest BCUT2D eigenvalue weighted by Gasteiger charge is 2.15. The maximum atomic E-state index is 12.1. The van der Waals surface area contributed by atoms with Crippen LogP contribution in [0.15, 0.2) is 24.3 Å². The minimum atomic E-state index is -2.98. The van der Waals surface area contributed by atoms with Crippen LogP contribution in [-0.4, -0.2) is 25.4 Å². The Kier molecular flexibility index (Phi) is 4.12. The molecule has 1 saturated heterocycles. The van der Waals surface area contributed by atoms with Crippen LogP contribution in [0.5, 0.6) is 0 Å². The van der Waals surface area contributed by atoms with Crippen molar-refractivity contribution in [2.24, 2.45) is 0 Å². The zero-order valence-electron chi connectivity index (χ0n) is 10.0. The predicted octanol–water partition coefficient (Wildman–Crippen LogP) is 2.88. The van der Waals surface area contributed by atoms with Gasteiger partial charge in [-0.05, 0) is 43.5 Å². The topological polar surface area (TPSA) is 32.3 Å². The minimum Gasteiger partial charge on any atom is -0.372 e. The van der Waals surface area contributed by atoms with Crippen LogP contribution < -0.4 is 10.2 Å². The molecule has 0 bridgehead atoms. The lowest BCUT2D eigenvalue weighted by molar-refractivity contribution is -0.126. The third-order valence-electron chi connectivity index (χ3n) is 3.05. The first-order valence-corrected chi connectivity index (χ1v) is 6.11. The molecule has 0 spiro atoms. The highest BCUT2D eigenvalue weighted by atomic mass is 19.3. The van der Waals surface area contributed by atoms with Gasteiger partial charge in [0.05, 0.1) is 0 Å². The Labute approximate surface area is 105 Å². The third kappa shape index (κ3) is 3.18. The quantitative estimate of drug-likeness (QED) is 0.899. The van der Waals surface area contributed by atoms with Crippen LogP contribution in [0.2, 0.25) is 0 Å². The smallest absolute Gasteiger partial charge is 0.315 e. The lowest BCUT2D eigenvalue weighted by Gasteiger charge is -2.28. The largest absolute Gasteiger partial charge is 0.372 e. The summed E-state index contributed by atoms with van der Waals surface area (Å²) < 4.78 is 24.1. The highest BCUT2D eigenvalue weighted by molar-refractivity contribution is 5.93. The Morgan fingerprint density at radius 3 is 2.28 bits per heavy atom. The molecule has 0 radical (unpaired) electrons. The first kappa shape index (κ1) is 12.8. The van der Waals surface area contributed by atoms with Crippen molar-refractivity contribution in [2.75, 3.05) is 23.3 Å². The summed E-state index contributed by atoms with van der Waals surface area (Å²) in [6.45, 7) is 2.06. The fraction of sp³-hybridized carbons (Fsp3) is 0.462. The minimum absolute atomic E-state index is 0.404. The van der Waals surface area contributed by atoms with E-state index >= 15 is 0 Å². The first-order valence-electron chi connectivity index (χ1n) is 6.11. The van der Waals surface area contributed by atoms with E-state index in [0.717, 1.165) is 18.8 Å². The summed E-state index contributed by atoms with van der Waals surface area (Å²) in [5.74, 6) is -1.26. The van der Waals surface area contributed by atoms with Crippen LogP contribution in [0.4, 0.5) is 20.2 Å². The van der Waals surface area contributed by atoms with Crippen LogP contribution in [0, 0.1) is 0 Å². The molecule has 0 unspecified atom stereocenters. The van der Waals surface area contributed by atoms with Crippen molar-refractivity contribution in [1.82, 2.24) is 0 Å². The van der Waals surface area contributed by atoms with Crippen molar-refractivity contribution < 1.29 is 13.6 Å². The molecule has 1 aliphatic rings. The van der Waals surface area contributed by atoms with Gasteiger partial charge >= 0.3 is 6.43 Å². The maximum Gasteiger partial charge on any atom is 0.315 e. The summed E-state index contributed by atoms with van der Waals surface area (Å²) in [5.41, 5.74) is 1.48. The number of carbonyl (C=O) groups is 1. The van der Waals surface area contributed by atoms with Gasteiger partial charge in [-0.1, -0.05) is 0 Å². The summed E-state index contributed by atoms with van der Waals surface area (Å²) >= 11 is 0. The molecular formula is C13H16F2N2O. The van der Waals surface area contributed by atoms with E-state index in [0.29, 0.717) is 5.69 Å². The standard InChI is InChI=1S/C13H16F2N2O/c14-12(15)13(18)16-10-4-6-11(7-5-10)17-8-2-1-3-9-17/h4-7,12H,1-3,8-9H2,(H,16,18). The Morgan fingerprint density at radius 2 is 1.72 bits per heavy atom. The Morgan fingerprint density at radius 1 is 1.11 bits per heavy atom. The van der Waals surface area contributed by atoms with Crippen LogP contribution in [0.25, 0.3) is 0 Å². The monoisotopic (exact) mass is 254 g/mol. The van der Waals surface area contributed by atoms with Gasteiger partial charge in [-0.25, -0.2) is 0 Å². The molecule has 1 amide bonds. The third-order valence-corrected chi connectivity index (χ3v) is 3.05. The van der Waals surface area contributed by atoms with E-state index in [1.54, 1.807) is 12.1 Å². The summed E-state index contributed by atoms with van der Waals surface area (Å²) in [7, 11) is 0. The van der Waals surface area contributed by atoms with Gasteiger partial charge in [0.1, 0.15) is 0 Å². The van der Waals surface area contributed by atoms with Gasteiger partial charge in [0, 0.05) is 24.5 Å². The number of piperidine rings is 1. The fourth-order valence-corrected chi connectivity index (χ4v) is 2.10. The number of halogens is 2. The number of amides is 1. The van der Waals surface area contributed by atoms with Gasteiger partial charge < -0.3 is 10.2 Å². The highest BCUT2D eigenvalue weighted by Crippen LogP contribution is 2.21. The van der Waals surface area contributed by atoms with Crippen molar-refractivity contribution in [3.05, 3.63) is 24.3 Å². The zero-order chi connectivity index (χ0) is 13.0. The van der Waals surface area contributed by atoms with E-state index in [9.17, 15) is 13.6 Å². The second kappa shape index (κ2) is 5.80. The number of hydrogen-bond acceptors (Lipinski definition) is 2. The molecule has 1 aromatic carbocycles. The molecule has 5 heteroatoms. The van der Waals surface area contributed by atoms with Crippen molar-refractivity contribution >= 4 is 17.3 Å². The van der Waals surface area contributed by atoms with E-state index < -0.39 is 12.3 Å². The lowest BCUT2D eigenvalue weighted by atomic mass is 10.1. The first-order chi connectivity index (χ1) is 8.66. The lowest BCUT2D eigenvalue weighted by Crippen LogP contribution is -2.29. The van der Waals surface area contributed by atoms with E-state index in [-0.39, 0.29) is 0 Å². The van der Waals surface area contributed by atoms with E-state index in [2.05, 4.69) is 10.2 Å². The predicted molar refractivity (Wildman–Crippen MR) is 67.1 cm³/mol. The normalized spacial score (nSPS) is 15.8. The Balaban J connectivity index is 1.98. The Hall–Kier alpha value is -1.65. The Bertz CT molecular complexity index is 400. The van der Waals surface area contributed by atoms with Crippen molar-refractivity contribution in [3.63, 3.8) is 0 Å². The summed E-state index contributed by atoms with van der Waals surface area (Å²) in [6.07, 6.45) is 0.652. The summed E-state index contributed by atoms with van der Waals surface area (Å²) in [5, 5.41) is 2.16. The van der Waals surface area contributed by atoms with Gasteiger partial charge in [0.25, 0.3) is 5.91 Å². The summed E-state index contributed by atoms with van der Waals surface area (Å²) in [4.78, 5) is 13.1. The van der Waals surface area contributed by atoms with Crippen LogP contribution in [0.3, 0.4) is 0 Å². The van der Waals surface area contributed by atoms with E-state index in [4.69, 9.17) is 0 Å². The number of hydrogen-bond donors (Lipinski definition) is 1. The van der Waals surface area contributed by atoms with Crippen LogP contribution in [0.1, 0.15) is 19.3 Å². The molecule has 0 saturated carbocycles. The number of benzene rings is 1. The van der Waals surface area contributed by atoms with Crippen molar-refractivity contribution in [1.29, 1.82) is 0 Å². The van der Waals surface area contributed by atoms with Gasteiger partial charge in [0.15, 0.2) is 0 Å². The molecule has 0 aliphatic carbocycles. The SMILES string of the molecule is O=C(Nc1ccc(N2CCCCC2)cc1)C(F)F. The molecule has 1 aromatic rings. The number of alkyl halides is 2. The second-order valence-corrected chi connectivity index (χ2v) is 4.38. The van der Waals surface area contributed by atoms with Crippen LogP contribution in [-0.2, 0) is 4.79 Å². The number of nitrogens with one attached hydrogen (secondary N) is 1. The number of carbonyl (C=O) groups excluding carboxylic acids is 1. The molecule has 0 atom stereocenters. The molecule has 98 valence electrons. The maximum absolute atomic E-state index is 12.1. The van der Waals surface area contributed by atoms with E-state index in [1.807, 2.05) is 12.1 Å². The molecular weight excluding hydrogens is 238 g/mol. The number of rotatable bonds is 3.